The summed E-state index contributed by atoms with van der Waals surface area (Å²) in [4.78, 5) is 44.4. The zero-order valence-corrected chi connectivity index (χ0v) is 10.4. The molecule has 0 bridgehead atoms. The van der Waals surface area contributed by atoms with E-state index >= 15 is 0 Å². The summed E-state index contributed by atoms with van der Waals surface area (Å²) >= 11 is 0. The first-order chi connectivity index (χ1) is 9.43. The Labute approximate surface area is 112 Å². The number of carbonyl (C=O) groups is 3. The number of rotatable bonds is 4. The molecule has 0 saturated heterocycles. The minimum atomic E-state index is -1.41. The van der Waals surface area contributed by atoms with Gasteiger partial charge in [0.15, 0.2) is 6.61 Å². The molecule has 0 unspecified atom stereocenters. The van der Waals surface area contributed by atoms with Crippen LogP contribution in [0.2, 0.25) is 0 Å². The summed E-state index contributed by atoms with van der Waals surface area (Å²) in [5.74, 6) is -3.77. The fraction of sp³-hybridized carbons (Fsp3) is 0.167. The van der Waals surface area contributed by atoms with E-state index in [2.05, 4.69) is 4.74 Å². The maximum Gasteiger partial charge on any atom is 0.397 e. The first kappa shape index (κ1) is 15.2. The highest BCUT2D eigenvalue weighted by Gasteiger charge is 2.18. The number of aliphatic carboxylic acids is 1. The molecule has 8 heteroatoms. The highest BCUT2D eigenvalue weighted by atomic mass is 16.6. The van der Waals surface area contributed by atoms with E-state index in [9.17, 15) is 19.2 Å². The number of hydrogen-bond donors (Lipinski definition) is 2. The Kier molecular flexibility index (Phi) is 5.21. The summed E-state index contributed by atoms with van der Waals surface area (Å²) in [6.45, 7) is -0.942. The maximum absolute atomic E-state index is 11.6. The van der Waals surface area contributed by atoms with Crippen LogP contribution in [0.4, 0.5) is 5.69 Å². The van der Waals surface area contributed by atoms with Gasteiger partial charge in [-0.05, 0) is 12.1 Å². The third-order valence-electron chi connectivity index (χ3n) is 2.06. The maximum atomic E-state index is 11.6. The minimum absolute atomic E-state index is 0.191. The van der Waals surface area contributed by atoms with E-state index in [0.29, 0.717) is 5.75 Å². The summed E-state index contributed by atoms with van der Waals surface area (Å²) in [6, 6.07) is 5.30. The summed E-state index contributed by atoms with van der Waals surface area (Å²) < 4.78 is 9.08. The summed E-state index contributed by atoms with van der Waals surface area (Å²) in [6.07, 6.45) is 0. The van der Waals surface area contributed by atoms with Crippen LogP contribution >= 0.6 is 0 Å². The average molecular weight is 281 g/mol. The van der Waals surface area contributed by atoms with Crippen molar-refractivity contribution < 1.29 is 29.0 Å². The van der Waals surface area contributed by atoms with Gasteiger partial charge in [0.1, 0.15) is 5.75 Å². The second kappa shape index (κ2) is 6.88. The largest absolute Gasteiger partial charge is 0.497 e. The van der Waals surface area contributed by atoms with E-state index in [1.54, 1.807) is 0 Å². The van der Waals surface area contributed by atoms with Gasteiger partial charge in [0.2, 0.25) is 5.43 Å². The molecular formula is C12H11NO7. The zero-order chi connectivity index (χ0) is 15.1. The smallest absolute Gasteiger partial charge is 0.397 e. The number of anilines is 1. The van der Waals surface area contributed by atoms with Crippen LogP contribution in [0.5, 0.6) is 5.75 Å². The lowest BCUT2D eigenvalue weighted by Gasteiger charge is -2.03. The van der Waals surface area contributed by atoms with Gasteiger partial charge in [-0.3, -0.25) is 9.59 Å². The van der Waals surface area contributed by atoms with Crippen LogP contribution in [-0.2, 0) is 19.1 Å². The van der Waals surface area contributed by atoms with Crippen LogP contribution in [0.15, 0.2) is 29.1 Å². The van der Waals surface area contributed by atoms with Gasteiger partial charge in [0.05, 0.1) is 12.8 Å². The molecule has 1 rings (SSSR count). The molecule has 20 heavy (non-hydrogen) atoms. The molecule has 8 nitrogen and oxygen atoms in total. The Balaban J connectivity index is 2.85. The average Bonchev–Trinajstić information content (AvgIpc) is 2.58. The van der Waals surface area contributed by atoms with Crippen LogP contribution in [0.3, 0.4) is 0 Å². The predicted octanol–water partition coefficient (Wildman–Crippen LogP) is -0.378. The Morgan fingerprint density at radius 2 is 2.00 bits per heavy atom. The lowest BCUT2D eigenvalue weighted by molar-refractivity contribution is -0.158. The fourth-order valence-corrected chi connectivity index (χ4v) is 1.17. The van der Waals surface area contributed by atoms with Gasteiger partial charge >= 0.3 is 17.8 Å². The number of esters is 1. The minimum Gasteiger partial charge on any atom is -0.497 e. The molecule has 2 N–H and O–H groups in total. The molecule has 0 aliphatic carbocycles. The number of nitrogens with one attached hydrogen (secondary N) is 1. The number of hydrogen-bond acceptors (Lipinski definition) is 6. The Hall–Kier alpha value is -2.90. The van der Waals surface area contributed by atoms with Gasteiger partial charge in [-0.25, -0.2) is 9.59 Å². The molecule has 1 amide bonds. The molecule has 1 aromatic rings. The number of methoxy groups -OCH3 is 1. The number of carbonyl (C=O) groups excluding carboxylic acids is 2. The van der Waals surface area contributed by atoms with Crippen LogP contribution in [0.1, 0.15) is 0 Å². The zero-order valence-electron chi connectivity index (χ0n) is 10.4. The van der Waals surface area contributed by atoms with Gasteiger partial charge in [0.25, 0.3) is 0 Å². The Morgan fingerprint density at radius 1 is 1.30 bits per heavy atom. The lowest BCUT2D eigenvalue weighted by Crippen LogP contribution is -2.28. The van der Waals surface area contributed by atoms with Gasteiger partial charge < -0.3 is 19.9 Å². The molecule has 0 fully saturated rings. The first-order valence-corrected chi connectivity index (χ1v) is 5.32. The molecular weight excluding hydrogens is 270 g/mol. The normalized spacial score (nSPS) is 9.45. The molecule has 0 spiro atoms. The van der Waals surface area contributed by atoms with E-state index in [0.717, 1.165) is 0 Å². The molecule has 1 aromatic carbocycles. The van der Waals surface area contributed by atoms with Crippen molar-refractivity contribution in [3.63, 3.8) is 0 Å². The second-order valence-electron chi connectivity index (χ2n) is 3.48. The van der Waals surface area contributed by atoms with Crippen LogP contribution in [-0.4, -0.2) is 36.7 Å². The van der Waals surface area contributed by atoms with E-state index in [4.69, 9.17) is 9.84 Å². The van der Waals surface area contributed by atoms with Crippen LogP contribution in [0.25, 0.3) is 0 Å². The van der Waals surface area contributed by atoms with Crippen molar-refractivity contribution in [1.82, 2.24) is 0 Å². The molecule has 0 radical (unpaired) electrons. The third kappa shape index (κ3) is 4.41. The van der Waals surface area contributed by atoms with Crippen molar-refractivity contribution in [1.29, 1.82) is 0 Å². The van der Waals surface area contributed by atoms with Gasteiger partial charge in [0, 0.05) is 6.07 Å². The number of ether oxygens (including phenoxy) is 2. The number of carboxylic acid groups (broad SMARTS) is 1. The molecule has 0 aromatic heterocycles. The van der Waals surface area contributed by atoms with Crippen molar-refractivity contribution in [3.05, 3.63) is 34.5 Å². The highest BCUT2D eigenvalue weighted by molar-refractivity contribution is 6.37. The molecule has 0 aliphatic heterocycles. The van der Waals surface area contributed by atoms with Gasteiger partial charge in [-0.2, -0.15) is 0 Å². The number of carboxylic acids is 1. The van der Waals surface area contributed by atoms with Crippen molar-refractivity contribution in [2.75, 3.05) is 19.0 Å². The van der Waals surface area contributed by atoms with Crippen LogP contribution in [0, 0.1) is 0 Å². The van der Waals surface area contributed by atoms with Crippen molar-refractivity contribution in [3.8, 4) is 5.75 Å². The summed E-state index contributed by atoms with van der Waals surface area (Å²) in [5, 5.41) is 10.3. The monoisotopic (exact) mass is 281 g/mol. The van der Waals surface area contributed by atoms with Crippen molar-refractivity contribution in [2.24, 2.45) is 0 Å². The predicted molar refractivity (Wildman–Crippen MR) is 66.5 cm³/mol. The van der Waals surface area contributed by atoms with Gasteiger partial charge in [-0.1, -0.05) is 6.07 Å². The standard InChI is InChI=1S/C12H11NO7/c1-19-7-3-2-4-9(14)8(5-7)13-11(17)12(18)20-6-10(15)16/h2-5H,6H2,1H3,(H,15,16)(H,13,14,17). The highest BCUT2D eigenvalue weighted by Crippen LogP contribution is 2.11. The molecule has 106 valence electrons. The second-order valence-corrected chi connectivity index (χ2v) is 3.48. The van der Waals surface area contributed by atoms with Gasteiger partial charge in [-0.15, -0.1) is 0 Å². The van der Waals surface area contributed by atoms with E-state index in [1.165, 1.54) is 31.4 Å². The number of amides is 1. The van der Waals surface area contributed by atoms with E-state index in [1.807, 2.05) is 5.32 Å². The SMILES string of the molecule is COc1cccc(=O)c(NC(=O)C(=O)OCC(=O)O)c1. The summed E-state index contributed by atoms with van der Waals surface area (Å²) in [7, 11) is 1.37. The molecule has 0 saturated carbocycles. The van der Waals surface area contributed by atoms with Crippen LogP contribution < -0.4 is 15.5 Å². The van der Waals surface area contributed by atoms with Crippen molar-refractivity contribution in [2.45, 2.75) is 0 Å². The van der Waals surface area contributed by atoms with E-state index in [-0.39, 0.29) is 5.69 Å². The quantitative estimate of drug-likeness (QED) is 0.570. The lowest BCUT2D eigenvalue weighted by atomic mass is 10.4. The Bertz CT molecular complexity index is 597. The molecule has 0 aliphatic rings. The topological polar surface area (TPSA) is 119 Å². The first-order valence-electron chi connectivity index (χ1n) is 5.32. The summed E-state index contributed by atoms with van der Waals surface area (Å²) in [5.41, 5.74) is -0.739. The molecule has 0 atom stereocenters. The van der Waals surface area contributed by atoms with Crippen molar-refractivity contribution >= 4 is 23.5 Å². The third-order valence-corrected chi connectivity index (χ3v) is 2.06. The Morgan fingerprint density at radius 3 is 2.60 bits per heavy atom. The fourth-order valence-electron chi connectivity index (χ4n) is 1.17. The molecule has 0 heterocycles. The van der Waals surface area contributed by atoms with E-state index < -0.39 is 29.9 Å².